The summed E-state index contributed by atoms with van der Waals surface area (Å²) in [5.74, 6) is 0.968. The van der Waals surface area contributed by atoms with E-state index in [9.17, 15) is 4.39 Å². The molecule has 0 heterocycles. The molecular formula is C18H12FNO. The van der Waals surface area contributed by atoms with Crippen LogP contribution in [0, 0.1) is 24.1 Å². The summed E-state index contributed by atoms with van der Waals surface area (Å²) in [5, 5.41) is 10.9. The summed E-state index contributed by atoms with van der Waals surface area (Å²) in [6.07, 6.45) is 0. The summed E-state index contributed by atoms with van der Waals surface area (Å²) >= 11 is 0. The summed E-state index contributed by atoms with van der Waals surface area (Å²) < 4.78 is 19.0. The number of hydrogen-bond donors (Lipinski definition) is 0. The number of nitrogens with zero attached hydrogens (tertiary/aromatic N) is 1. The van der Waals surface area contributed by atoms with Crippen molar-refractivity contribution < 1.29 is 9.13 Å². The predicted molar refractivity (Wildman–Crippen MR) is 79.9 cm³/mol. The highest BCUT2D eigenvalue weighted by Crippen LogP contribution is 2.33. The van der Waals surface area contributed by atoms with Crippen molar-refractivity contribution >= 4 is 10.8 Å². The first-order chi connectivity index (χ1) is 10.2. The number of aryl methyl sites for hydroxylation is 1. The lowest BCUT2D eigenvalue weighted by atomic mass is 10.0. The number of benzene rings is 3. The molecule has 3 aromatic carbocycles. The van der Waals surface area contributed by atoms with Gasteiger partial charge in [-0.2, -0.15) is 5.26 Å². The van der Waals surface area contributed by atoms with Crippen LogP contribution in [-0.4, -0.2) is 0 Å². The van der Waals surface area contributed by atoms with E-state index < -0.39 is 0 Å². The van der Waals surface area contributed by atoms with Crippen LogP contribution in [0.4, 0.5) is 4.39 Å². The fourth-order valence-electron chi connectivity index (χ4n) is 2.30. The lowest BCUT2D eigenvalue weighted by molar-refractivity contribution is 0.482. The first-order valence-corrected chi connectivity index (χ1v) is 6.55. The van der Waals surface area contributed by atoms with Gasteiger partial charge < -0.3 is 4.74 Å². The third-order valence-corrected chi connectivity index (χ3v) is 3.36. The van der Waals surface area contributed by atoms with Gasteiger partial charge in [0.2, 0.25) is 0 Å². The molecule has 0 amide bonds. The van der Waals surface area contributed by atoms with Crippen molar-refractivity contribution in [3.05, 3.63) is 71.5 Å². The van der Waals surface area contributed by atoms with Crippen LogP contribution >= 0.6 is 0 Å². The van der Waals surface area contributed by atoms with Gasteiger partial charge in [-0.05, 0) is 42.8 Å². The van der Waals surface area contributed by atoms with Gasteiger partial charge in [0.25, 0.3) is 0 Å². The summed E-state index contributed by atoms with van der Waals surface area (Å²) in [7, 11) is 0. The molecular weight excluding hydrogens is 265 g/mol. The van der Waals surface area contributed by atoms with Crippen LogP contribution < -0.4 is 4.74 Å². The number of ether oxygens (including phenoxy) is 1. The minimum Gasteiger partial charge on any atom is -0.456 e. The van der Waals surface area contributed by atoms with Crippen LogP contribution in [0.2, 0.25) is 0 Å². The van der Waals surface area contributed by atoms with Crippen molar-refractivity contribution in [1.29, 1.82) is 5.26 Å². The maximum absolute atomic E-state index is 13.1. The molecule has 0 spiro atoms. The molecule has 21 heavy (non-hydrogen) atoms. The van der Waals surface area contributed by atoms with E-state index in [4.69, 9.17) is 10.00 Å². The minimum absolute atomic E-state index is 0.287. The van der Waals surface area contributed by atoms with Gasteiger partial charge in [-0.3, -0.25) is 0 Å². The molecule has 3 rings (SSSR count). The lowest BCUT2D eigenvalue weighted by Crippen LogP contribution is -1.91. The van der Waals surface area contributed by atoms with E-state index in [0.717, 1.165) is 16.3 Å². The zero-order chi connectivity index (χ0) is 14.8. The van der Waals surface area contributed by atoms with Gasteiger partial charge in [0.05, 0.1) is 11.6 Å². The second-order valence-corrected chi connectivity index (χ2v) is 4.78. The largest absolute Gasteiger partial charge is 0.456 e. The third kappa shape index (κ3) is 2.44. The van der Waals surface area contributed by atoms with Crippen molar-refractivity contribution in [2.45, 2.75) is 6.92 Å². The van der Waals surface area contributed by atoms with Crippen molar-refractivity contribution in [3.8, 4) is 17.6 Å². The molecule has 0 saturated carbocycles. The fraction of sp³-hybridized carbons (Fsp3) is 0.0556. The van der Waals surface area contributed by atoms with Crippen molar-refractivity contribution in [2.75, 3.05) is 0 Å². The van der Waals surface area contributed by atoms with Gasteiger partial charge in [0.1, 0.15) is 17.3 Å². The monoisotopic (exact) mass is 277 g/mol. The Bertz CT molecular complexity index is 865. The first kappa shape index (κ1) is 13.1. The van der Waals surface area contributed by atoms with Crippen LogP contribution in [0.25, 0.3) is 10.8 Å². The quantitative estimate of drug-likeness (QED) is 0.663. The molecule has 3 heteroatoms. The molecule has 0 aromatic heterocycles. The van der Waals surface area contributed by atoms with Crippen LogP contribution in [0.3, 0.4) is 0 Å². The Morgan fingerprint density at radius 2 is 1.67 bits per heavy atom. The van der Waals surface area contributed by atoms with Crippen LogP contribution in [0.5, 0.6) is 11.5 Å². The highest BCUT2D eigenvalue weighted by Gasteiger charge is 2.09. The Hall–Kier alpha value is -2.86. The molecule has 0 aliphatic heterocycles. The van der Waals surface area contributed by atoms with E-state index in [1.165, 1.54) is 12.1 Å². The number of rotatable bonds is 2. The molecule has 0 saturated heterocycles. The average molecular weight is 277 g/mol. The first-order valence-electron chi connectivity index (χ1n) is 6.55. The zero-order valence-electron chi connectivity index (χ0n) is 11.4. The molecule has 0 bridgehead atoms. The maximum Gasteiger partial charge on any atom is 0.135 e. The van der Waals surface area contributed by atoms with E-state index in [1.807, 2.05) is 24.3 Å². The van der Waals surface area contributed by atoms with Gasteiger partial charge in [-0.15, -0.1) is 0 Å². The van der Waals surface area contributed by atoms with Gasteiger partial charge in [-0.1, -0.05) is 24.3 Å². The smallest absolute Gasteiger partial charge is 0.135 e. The van der Waals surface area contributed by atoms with E-state index in [0.29, 0.717) is 17.1 Å². The summed E-state index contributed by atoms with van der Waals surface area (Å²) in [6, 6.07) is 17.7. The Labute approximate surface area is 122 Å². The van der Waals surface area contributed by atoms with E-state index >= 15 is 0 Å². The molecule has 0 radical (unpaired) electrons. The number of hydrogen-bond acceptors (Lipinski definition) is 2. The molecule has 0 unspecified atom stereocenters. The van der Waals surface area contributed by atoms with Crippen molar-refractivity contribution in [2.24, 2.45) is 0 Å². The molecule has 0 aliphatic rings. The van der Waals surface area contributed by atoms with E-state index in [-0.39, 0.29) is 5.82 Å². The van der Waals surface area contributed by atoms with Gasteiger partial charge >= 0.3 is 0 Å². The number of halogens is 1. The second kappa shape index (κ2) is 5.26. The highest BCUT2D eigenvalue weighted by molar-refractivity contribution is 5.92. The Morgan fingerprint density at radius 3 is 2.38 bits per heavy atom. The van der Waals surface area contributed by atoms with Crippen LogP contribution in [0.15, 0.2) is 54.6 Å². The third-order valence-electron chi connectivity index (χ3n) is 3.36. The number of fused-ring (bicyclic) bond motifs is 1. The zero-order valence-corrected chi connectivity index (χ0v) is 11.4. The van der Waals surface area contributed by atoms with E-state index in [1.54, 1.807) is 25.1 Å². The summed E-state index contributed by atoms with van der Waals surface area (Å²) in [5.41, 5.74) is 1.33. The van der Waals surface area contributed by atoms with Crippen LogP contribution in [-0.2, 0) is 0 Å². The van der Waals surface area contributed by atoms with Crippen molar-refractivity contribution in [1.82, 2.24) is 0 Å². The highest BCUT2D eigenvalue weighted by atomic mass is 19.1. The SMILES string of the molecule is Cc1cc(F)ccc1Oc1ccc(C#N)c2ccccc12. The molecule has 3 aromatic rings. The molecule has 0 fully saturated rings. The Balaban J connectivity index is 2.12. The minimum atomic E-state index is -0.287. The Kier molecular flexibility index (Phi) is 3.29. The molecule has 0 N–H and O–H groups in total. The van der Waals surface area contributed by atoms with Gasteiger partial charge in [0.15, 0.2) is 0 Å². The van der Waals surface area contributed by atoms with E-state index in [2.05, 4.69) is 6.07 Å². The topological polar surface area (TPSA) is 33.0 Å². The summed E-state index contributed by atoms with van der Waals surface area (Å²) in [6.45, 7) is 1.80. The standard InChI is InChI=1S/C18H12FNO/c1-12-10-14(19)7-9-17(12)21-18-8-6-13(11-20)15-4-2-3-5-16(15)18/h2-10H,1H3. The van der Waals surface area contributed by atoms with Gasteiger partial charge in [0, 0.05) is 10.8 Å². The second-order valence-electron chi connectivity index (χ2n) is 4.78. The Morgan fingerprint density at radius 1 is 0.952 bits per heavy atom. The summed E-state index contributed by atoms with van der Waals surface area (Å²) in [4.78, 5) is 0. The molecule has 0 atom stereocenters. The maximum atomic E-state index is 13.1. The molecule has 102 valence electrons. The predicted octanol–water partition coefficient (Wildman–Crippen LogP) is 4.95. The number of nitriles is 1. The van der Waals surface area contributed by atoms with Crippen molar-refractivity contribution in [3.63, 3.8) is 0 Å². The molecule has 0 aliphatic carbocycles. The normalized spacial score (nSPS) is 10.3. The lowest BCUT2D eigenvalue weighted by Gasteiger charge is -2.12. The average Bonchev–Trinajstić information content (AvgIpc) is 2.50. The molecule has 2 nitrogen and oxygen atoms in total. The van der Waals surface area contributed by atoms with Gasteiger partial charge in [-0.25, -0.2) is 4.39 Å². The fourth-order valence-corrected chi connectivity index (χ4v) is 2.30. The van der Waals surface area contributed by atoms with Crippen LogP contribution in [0.1, 0.15) is 11.1 Å².